The van der Waals surface area contributed by atoms with Crippen molar-refractivity contribution in [1.29, 1.82) is 0 Å². The molecule has 0 saturated carbocycles. The summed E-state index contributed by atoms with van der Waals surface area (Å²) in [6.45, 7) is 1.48. The topological polar surface area (TPSA) is 138 Å². The van der Waals surface area contributed by atoms with Gasteiger partial charge in [-0.1, -0.05) is 0 Å². The van der Waals surface area contributed by atoms with Crippen LogP contribution in [0.3, 0.4) is 0 Å². The van der Waals surface area contributed by atoms with E-state index >= 15 is 0 Å². The fraction of sp³-hybridized carbons (Fsp3) is 0.250. The second-order valence-corrected chi connectivity index (χ2v) is 9.13. The van der Waals surface area contributed by atoms with E-state index in [0.717, 1.165) is 12.5 Å². The maximum Gasteiger partial charge on any atom is 0.306 e. The van der Waals surface area contributed by atoms with Gasteiger partial charge in [-0.05, 0) is 30.7 Å². The van der Waals surface area contributed by atoms with Crippen molar-refractivity contribution in [2.24, 2.45) is 0 Å². The summed E-state index contributed by atoms with van der Waals surface area (Å²) in [5.74, 6) is -0.612. The number of anilines is 1. The average Bonchev–Trinajstić information content (AvgIpc) is 3.38. The fourth-order valence-corrected chi connectivity index (χ4v) is 4.95. The van der Waals surface area contributed by atoms with Crippen molar-refractivity contribution in [1.82, 2.24) is 28.4 Å². The third-order valence-corrected chi connectivity index (χ3v) is 6.85. The fourth-order valence-electron chi connectivity index (χ4n) is 3.66. The number of nitrogens with zero attached hydrogens (tertiary/aromatic N) is 5. The Labute approximate surface area is 188 Å². The van der Waals surface area contributed by atoms with Crippen molar-refractivity contribution < 1.29 is 22.3 Å². The van der Waals surface area contributed by atoms with Crippen LogP contribution in [-0.2, 0) is 10.2 Å². The summed E-state index contributed by atoms with van der Waals surface area (Å²) in [4.78, 5) is 13.2. The highest BCUT2D eigenvalue weighted by Gasteiger charge is 2.25. The predicted molar refractivity (Wildman–Crippen MR) is 117 cm³/mol. The number of phenols is 1. The minimum atomic E-state index is -3.45. The quantitative estimate of drug-likeness (QED) is 0.386. The largest absolute Gasteiger partial charge is 0.505 e. The van der Waals surface area contributed by atoms with E-state index in [1.807, 2.05) is 0 Å². The smallest absolute Gasteiger partial charge is 0.306 e. The second-order valence-electron chi connectivity index (χ2n) is 7.38. The van der Waals surface area contributed by atoms with Crippen molar-refractivity contribution in [3.05, 3.63) is 48.7 Å². The highest BCUT2D eigenvalue weighted by Crippen LogP contribution is 2.34. The van der Waals surface area contributed by atoms with Gasteiger partial charge in [-0.3, -0.25) is 4.40 Å². The zero-order valence-corrected chi connectivity index (χ0v) is 18.1. The van der Waals surface area contributed by atoms with Crippen LogP contribution < -0.4 is 10.0 Å². The Hall–Kier alpha value is -3.55. The Morgan fingerprint density at radius 3 is 2.97 bits per heavy atom. The van der Waals surface area contributed by atoms with Crippen molar-refractivity contribution in [2.45, 2.75) is 6.42 Å². The minimum Gasteiger partial charge on any atom is -0.505 e. The van der Waals surface area contributed by atoms with Crippen molar-refractivity contribution in [3.8, 4) is 28.4 Å². The Balaban J connectivity index is 1.43. The zero-order valence-electron chi connectivity index (χ0n) is 17.3. The van der Waals surface area contributed by atoms with E-state index in [9.17, 15) is 17.9 Å². The van der Waals surface area contributed by atoms with Gasteiger partial charge in [-0.2, -0.15) is 17.7 Å². The predicted octanol–water partition coefficient (Wildman–Crippen LogP) is 1.85. The van der Waals surface area contributed by atoms with Crippen molar-refractivity contribution in [3.63, 3.8) is 0 Å². The lowest BCUT2D eigenvalue weighted by Crippen LogP contribution is -2.48. The molecule has 11 nitrogen and oxygen atoms in total. The Morgan fingerprint density at radius 2 is 2.15 bits per heavy atom. The number of benzene rings is 1. The van der Waals surface area contributed by atoms with E-state index in [1.54, 1.807) is 22.9 Å². The van der Waals surface area contributed by atoms with E-state index in [4.69, 9.17) is 4.42 Å². The molecule has 1 fully saturated rings. The van der Waals surface area contributed by atoms with E-state index in [1.165, 1.54) is 22.7 Å². The molecule has 4 heterocycles. The Bertz CT molecular complexity index is 1420. The Morgan fingerprint density at radius 1 is 1.27 bits per heavy atom. The molecule has 3 N–H and O–H groups in total. The van der Waals surface area contributed by atoms with Gasteiger partial charge in [-0.25, -0.2) is 19.1 Å². The van der Waals surface area contributed by atoms with Gasteiger partial charge in [0.2, 0.25) is 5.95 Å². The van der Waals surface area contributed by atoms with Crippen molar-refractivity contribution >= 4 is 22.0 Å². The van der Waals surface area contributed by atoms with Crippen LogP contribution >= 0.6 is 0 Å². The monoisotopic (exact) mass is 473 g/mol. The summed E-state index contributed by atoms with van der Waals surface area (Å²) in [5.41, 5.74) is 2.00. The molecule has 1 aliphatic heterocycles. The molecule has 4 aromatic rings. The van der Waals surface area contributed by atoms with Gasteiger partial charge in [0.15, 0.2) is 11.6 Å². The lowest BCUT2D eigenvalue weighted by Gasteiger charge is -2.26. The SMILES string of the molecule is O=S1(=O)NCCCN1CCNc1nccc(-c2c(-c3ccc(F)c(O)c3)nc3occn23)n1. The van der Waals surface area contributed by atoms with Gasteiger partial charge in [-0.15, -0.1) is 0 Å². The lowest BCUT2D eigenvalue weighted by molar-refractivity contribution is 0.383. The van der Waals surface area contributed by atoms with E-state index in [0.29, 0.717) is 54.1 Å². The molecule has 0 aliphatic carbocycles. The zero-order chi connectivity index (χ0) is 23.0. The van der Waals surface area contributed by atoms with Crippen LogP contribution in [-0.4, -0.2) is 63.4 Å². The first-order valence-corrected chi connectivity index (χ1v) is 11.6. The number of aromatic hydroxyl groups is 1. The van der Waals surface area contributed by atoms with Gasteiger partial charge in [0.25, 0.3) is 10.2 Å². The summed E-state index contributed by atoms with van der Waals surface area (Å²) in [5, 5.41) is 12.9. The number of oxazole rings is 1. The minimum absolute atomic E-state index is 0.266. The highest BCUT2D eigenvalue weighted by molar-refractivity contribution is 7.87. The number of hydrogen-bond donors (Lipinski definition) is 3. The third-order valence-electron chi connectivity index (χ3n) is 5.23. The number of hydrogen-bond acceptors (Lipinski definition) is 8. The third kappa shape index (κ3) is 4.13. The maximum atomic E-state index is 13.6. The molecule has 1 aliphatic rings. The van der Waals surface area contributed by atoms with Crippen LogP contribution in [0.25, 0.3) is 28.5 Å². The summed E-state index contributed by atoms with van der Waals surface area (Å²) in [7, 11) is -3.45. The molecule has 0 spiro atoms. The molecule has 1 saturated heterocycles. The molecule has 172 valence electrons. The van der Waals surface area contributed by atoms with E-state index < -0.39 is 21.8 Å². The molecule has 13 heteroatoms. The summed E-state index contributed by atoms with van der Waals surface area (Å²) in [6, 6.07) is 5.64. The lowest BCUT2D eigenvalue weighted by atomic mass is 10.1. The molecule has 0 unspecified atom stereocenters. The van der Waals surface area contributed by atoms with Gasteiger partial charge in [0.1, 0.15) is 17.7 Å². The van der Waals surface area contributed by atoms with Crippen LogP contribution in [0.4, 0.5) is 10.3 Å². The van der Waals surface area contributed by atoms with Crippen LogP contribution in [0.2, 0.25) is 0 Å². The number of rotatable bonds is 6. The van der Waals surface area contributed by atoms with Gasteiger partial charge < -0.3 is 14.8 Å². The summed E-state index contributed by atoms with van der Waals surface area (Å²) >= 11 is 0. The summed E-state index contributed by atoms with van der Waals surface area (Å²) < 4.78 is 48.6. The molecular formula is C20H20FN7O4S. The van der Waals surface area contributed by atoms with Crippen LogP contribution in [0.1, 0.15) is 6.42 Å². The van der Waals surface area contributed by atoms with Gasteiger partial charge in [0.05, 0.1) is 5.69 Å². The van der Waals surface area contributed by atoms with Gasteiger partial charge >= 0.3 is 5.84 Å². The molecule has 0 bridgehead atoms. The summed E-state index contributed by atoms with van der Waals surface area (Å²) in [6.07, 6.45) is 5.46. The number of phenolic OH excluding ortho intramolecular Hbond substituents is 1. The first-order valence-electron chi connectivity index (χ1n) is 10.2. The molecular weight excluding hydrogens is 453 g/mol. The van der Waals surface area contributed by atoms with Crippen molar-refractivity contribution in [2.75, 3.05) is 31.5 Å². The highest BCUT2D eigenvalue weighted by atomic mass is 32.2. The Kier molecular flexibility index (Phi) is 5.44. The van der Waals surface area contributed by atoms with Gasteiger partial charge in [0, 0.05) is 44.1 Å². The number of halogens is 1. The standard InChI is InChI=1S/C20H20FN7O4S/c21-14-3-2-13(12-16(14)29)17-18(28-10-11-32-20(28)26-17)15-4-6-22-19(25-15)23-7-9-27-8-1-5-24-33(27,30)31/h2-4,6,10-12,24,29H,1,5,7-9H2,(H,22,23,25). The first-order chi connectivity index (χ1) is 15.9. The normalized spacial score (nSPS) is 16.3. The van der Waals surface area contributed by atoms with Crippen LogP contribution in [0.5, 0.6) is 5.75 Å². The molecule has 0 amide bonds. The number of aromatic nitrogens is 4. The number of fused-ring (bicyclic) bond motifs is 1. The van der Waals surface area contributed by atoms with E-state index in [-0.39, 0.29) is 6.54 Å². The molecule has 5 rings (SSSR count). The van der Waals surface area contributed by atoms with Crippen LogP contribution in [0.15, 0.2) is 47.3 Å². The number of nitrogens with one attached hydrogen (secondary N) is 2. The molecule has 1 aromatic carbocycles. The second kappa shape index (κ2) is 8.42. The van der Waals surface area contributed by atoms with Crippen LogP contribution in [0, 0.1) is 5.82 Å². The first kappa shape index (κ1) is 21.3. The maximum absolute atomic E-state index is 13.6. The molecule has 0 radical (unpaired) electrons. The van der Waals surface area contributed by atoms with E-state index in [2.05, 4.69) is 25.0 Å². The average molecular weight is 473 g/mol. The molecule has 0 atom stereocenters. The molecule has 3 aromatic heterocycles. The molecule has 33 heavy (non-hydrogen) atoms. The number of imidazole rings is 1.